The molecule has 1 aromatic carbocycles. The second kappa shape index (κ2) is 5.13. The summed E-state index contributed by atoms with van der Waals surface area (Å²) in [6.45, 7) is 1.34. The van der Waals surface area contributed by atoms with E-state index in [4.69, 9.17) is 10.5 Å². The quantitative estimate of drug-likeness (QED) is 0.794. The average molecular weight is 274 g/mol. The fraction of sp³-hybridized carbons (Fsp3) is 0.429. The number of nitrogens with one attached hydrogen (secondary N) is 1. The van der Waals surface area contributed by atoms with Crippen LogP contribution >= 0.6 is 0 Å². The molecule has 1 saturated carbocycles. The Hall–Kier alpha value is -2.08. The van der Waals surface area contributed by atoms with Crippen molar-refractivity contribution in [1.82, 2.24) is 14.9 Å². The first-order chi connectivity index (χ1) is 9.63. The van der Waals surface area contributed by atoms with Gasteiger partial charge in [-0.1, -0.05) is 0 Å². The number of anilines is 1. The number of rotatable bonds is 5. The molecule has 3 rings (SSSR count). The van der Waals surface area contributed by atoms with E-state index in [9.17, 15) is 4.79 Å². The van der Waals surface area contributed by atoms with Crippen molar-refractivity contribution in [2.45, 2.75) is 18.9 Å². The van der Waals surface area contributed by atoms with Crippen LogP contribution in [0.2, 0.25) is 0 Å². The Bertz CT molecular complexity index is 678. The van der Waals surface area contributed by atoms with Crippen LogP contribution in [0.3, 0.4) is 0 Å². The maximum Gasteiger partial charge on any atom is 0.297 e. The molecule has 0 saturated heterocycles. The highest BCUT2D eigenvalue weighted by molar-refractivity contribution is 5.81. The number of fused-ring (bicyclic) bond motifs is 1. The number of nitrogens with two attached hydrogens (primary N) is 1. The van der Waals surface area contributed by atoms with Crippen LogP contribution in [-0.2, 0) is 0 Å². The zero-order chi connectivity index (χ0) is 14.1. The molecule has 0 atom stereocenters. The fourth-order valence-electron chi connectivity index (χ4n) is 2.19. The lowest BCUT2D eigenvalue weighted by Crippen LogP contribution is -2.26. The second-order valence-corrected chi connectivity index (χ2v) is 5.21. The van der Waals surface area contributed by atoms with Crippen molar-refractivity contribution in [2.75, 3.05) is 25.9 Å². The Morgan fingerprint density at radius 3 is 3.05 bits per heavy atom. The van der Waals surface area contributed by atoms with Gasteiger partial charge in [0.15, 0.2) is 0 Å². The molecule has 6 nitrogen and oxygen atoms in total. The van der Waals surface area contributed by atoms with Crippen molar-refractivity contribution in [3.63, 3.8) is 0 Å². The normalized spacial score (nSPS) is 14.9. The highest BCUT2D eigenvalue weighted by Gasteiger charge is 2.25. The molecule has 2 aromatic rings. The molecule has 1 aliphatic rings. The number of nitrogen functional groups attached to an aromatic ring is 1. The number of likely N-dealkylation sites (N-methyl/N-ethyl adjacent to an activating group) is 1. The maximum atomic E-state index is 11.9. The van der Waals surface area contributed by atoms with E-state index < -0.39 is 0 Å². The first-order valence-corrected chi connectivity index (χ1v) is 6.76. The van der Waals surface area contributed by atoms with Gasteiger partial charge in [0.25, 0.3) is 11.6 Å². The number of hydrogen-bond donors (Lipinski definition) is 2. The zero-order valence-electron chi connectivity index (χ0n) is 11.4. The minimum absolute atomic E-state index is 0.229. The number of hydrogen-bond acceptors (Lipinski definition) is 5. The Balaban J connectivity index is 1.71. The van der Waals surface area contributed by atoms with Gasteiger partial charge in [-0.25, -0.2) is 0 Å². The Morgan fingerprint density at radius 1 is 1.50 bits per heavy atom. The standard InChI is InChI=1S/C14H18N4O2/c1-18(10-3-4-10)6-7-20-14-16-12-5-2-9(15)8-11(12)13(19)17-14/h2,5,8,10H,3-4,6-7,15H2,1H3,(H,16,17,19). The monoisotopic (exact) mass is 274 g/mol. The summed E-state index contributed by atoms with van der Waals surface area (Å²) < 4.78 is 5.53. The largest absolute Gasteiger partial charge is 0.463 e. The fourth-order valence-corrected chi connectivity index (χ4v) is 2.19. The van der Waals surface area contributed by atoms with E-state index in [1.807, 2.05) is 0 Å². The molecule has 1 fully saturated rings. The third kappa shape index (κ3) is 2.75. The van der Waals surface area contributed by atoms with Crippen molar-refractivity contribution < 1.29 is 4.74 Å². The minimum atomic E-state index is -0.229. The summed E-state index contributed by atoms with van der Waals surface area (Å²) >= 11 is 0. The number of ether oxygens (including phenoxy) is 1. The van der Waals surface area contributed by atoms with Gasteiger partial charge >= 0.3 is 0 Å². The average Bonchev–Trinajstić information content (AvgIpc) is 3.24. The summed E-state index contributed by atoms with van der Waals surface area (Å²) in [5.41, 5.74) is 6.57. The predicted molar refractivity (Wildman–Crippen MR) is 77.9 cm³/mol. The van der Waals surface area contributed by atoms with Gasteiger partial charge in [0.1, 0.15) is 6.61 Å². The number of aromatic nitrogens is 2. The first-order valence-electron chi connectivity index (χ1n) is 6.76. The van der Waals surface area contributed by atoms with E-state index in [1.165, 1.54) is 12.8 Å². The van der Waals surface area contributed by atoms with E-state index in [-0.39, 0.29) is 11.6 Å². The number of benzene rings is 1. The minimum Gasteiger partial charge on any atom is -0.463 e. The lowest BCUT2D eigenvalue weighted by atomic mass is 10.2. The molecule has 1 aromatic heterocycles. The van der Waals surface area contributed by atoms with Gasteiger partial charge in [0.2, 0.25) is 0 Å². The molecule has 0 unspecified atom stereocenters. The summed E-state index contributed by atoms with van der Waals surface area (Å²) in [4.78, 5) is 21.1. The van der Waals surface area contributed by atoms with Crippen LogP contribution in [0.1, 0.15) is 12.8 Å². The van der Waals surface area contributed by atoms with Gasteiger partial charge in [-0.3, -0.25) is 9.78 Å². The molecule has 0 bridgehead atoms. The lowest BCUT2D eigenvalue weighted by Gasteiger charge is -2.15. The van der Waals surface area contributed by atoms with E-state index in [2.05, 4.69) is 21.9 Å². The maximum absolute atomic E-state index is 11.9. The van der Waals surface area contributed by atoms with Crippen molar-refractivity contribution >= 4 is 16.6 Å². The van der Waals surface area contributed by atoms with Crippen LogP contribution in [0.15, 0.2) is 23.0 Å². The van der Waals surface area contributed by atoms with Crippen molar-refractivity contribution in [3.05, 3.63) is 28.6 Å². The highest BCUT2D eigenvalue weighted by Crippen LogP contribution is 2.24. The van der Waals surface area contributed by atoms with E-state index in [0.717, 1.165) is 6.54 Å². The van der Waals surface area contributed by atoms with Crippen LogP contribution in [0.25, 0.3) is 10.9 Å². The lowest BCUT2D eigenvalue weighted by molar-refractivity contribution is 0.220. The number of aromatic amines is 1. The van der Waals surface area contributed by atoms with Gasteiger partial charge in [-0.2, -0.15) is 4.98 Å². The van der Waals surface area contributed by atoms with Gasteiger partial charge in [-0.05, 0) is 38.1 Å². The van der Waals surface area contributed by atoms with Crippen LogP contribution in [0.4, 0.5) is 5.69 Å². The molecule has 20 heavy (non-hydrogen) atoms. The van der Waals surface area contributed by atoms with Crippen LogP contribution in [0, 0.1) is 0 Å². The molecule has 1 aliphatic carbocycles. The predicted octanol–water partition coefficient (Wildman–Crippen LogP) is 0.978. The first kappa shape index (κ1) is 12.9. The summed E-state index contributed by atoms with van der Waals surface area (Å²) in [7, 11) is 2.08. The van der Waals surface area contributed by atoms with Crippen LogP contribution in [0.5, 0.6) is 6.01 Å². The smallest absolute Gasteiger partial charge is 0.297 e. The molecule has 1 heterocycles. The molecular formula is C14H18N4O2. The van der Waals surface area contributed by atoms with Crippen molar-refractivity contribution in [1.29, 1.82) is 0 Å². The molecule has 0 spiro atoms. The molecular weight excluding hydrogens is 256 g/mol. The number of H-pyrrole nitrogens is 1. The van der Waals surface area contributed by atoms with Gasteiger partial charge < -0.3 is 15.4 Å². The van der Waals surface area contributed by atoms with E-state index >= 15 is 0 Å². The van der Waals surface area contributed by atoms with Crippen molar-refractivity contribution in [2.24, 2.45) is 0 Å². The summed E-state index contributed by atoms with van der Waals surface area (Å²) in [5.74, 6) is 0. The SMILES string of the molecule is CN(CCOc1nc2ccc(N)cc2c(=O)[nH]1)C1CC1. The van der Waals surface area contributed by atoms with Gasteiger partial charge in [0.05, 0.1) is 10.9 Å². The van der Waals surface area contributed by atoms with Crippen molar-refractivity contribution in [3.8, 4) is 6.01 Å². The molecule has 0 aliphatic heterocycles. The summed E-state index contributed by atoms with van der Waals surface area (Å²) in [6, 6.07) is 6.02. The van der Waals surface area contributed by atoms with Gasteiger partial charge in [0, 0.05) is 18.3 Å². The van der Waals surface area contributed by atoms with Gasteiger partial charge in [-0.15, -0.1) is 0 Å². The third-order valence-electron chi connectivity index (χ3n) is 3.56. The summed E-state index contributed by atoms with van der Waals surface area (Å²) in [6.07, 6.45) is 2.53. The van der Waals surface area contributed by atoms with E-state index in [1.54, 1.807) is 18.2 Å². The Kier molecular flexibility index (Phi) is 3.31. The van der Waals surface area contributed by atoms with E-state index in [0.29, 0.717) is 29.2 Å². The molecule has 0 amide bonds. The van der Waals surface area contributed by atoms with Crippen LogP contribution in [-0.4, -0.2) is 41.1 Å². The molecule has 6 heteroatoms. The molecule has 3 N–H and O–H groups in total. The number of nitrogens with zero attached hydrogens (tertiary/aromatic N) is 2. The highest BCUT2D eigenvalue weighted by atomic mass is 16.5. The third-order valence-corrected chi connectivity index (χ3v) is 3.56. The zero-order valence-corrected chi connectivity index (χ0v) is 11.4. The Morgan fingerprint density at radius 2 is 2.30 bits per heavy atom. The molecule has 0 radical (unpaired) electrons. The Labute approximate surface area is 116 Å². The molecule has 106 valence electrons. The topological polar surface area (TPSA) is 84.2 Å². The van der Waals surface area contributed by atoms with Crippen LogP contribution < -0.4 is 16.0 Å². The summed E-state index contributed by atoms with van der Waals surface area (Å²) in [5, 5.41) is 0.479. The second-order valence-electron chi connectivity index (χ2n) is 5.21.